The first-order valence-electron chi connectivity index (χ1n) is 4.00. The van der Waals surface area contributed by atoms with E-state index in [1.807, 2.05) is 0 Å². The summed E-state index contributed by atoms with van der Waals surface area (Å²) in [6.45, 7) is 1.57. The molecule has 1 atom stereocenters. The SMILES string of the molecule is O=C1CCC(COSI)CCN1. The van der Waals surface area contributed by atoms with Gasteiger partial charge < -0.3 is 9.50 Å². The number of halogens is 1. The first-order chi connectivity index (χ1) is 5.83. The van der Waals surface area contributed by atoms with Crippen molar-refractivity contribution in [2.45, 2.75) is 19.3 Å². The Labute approximate surface area is 88.8 Å². The van der Waals surface area contributed by atoms with E-state index < -0.39 is 0 Å². The zero-order valence-corrected chi connectivity index (χ0v) is 9.69. The van der Waals surface area contributed by atoms with Gasteiger partial charge in [0, 0.05) is 34.2 Å². The molecule has 0 aliphatic carbocycles. The molecule has 1 amide bonds. The van der Waals surface area contributed by atoms with Crippen LogP contribution >= 0.6 is 30.4 Å². The molecule has 1 saturated heterocycles. The van der Waals surface area contributed by atoms with Crippen molar-refractivity contribution in [2.24, 2.45) is 5.92 Å². The van der Waals surface area contributed by atoms with Gasteiger partial charge in [0.15, 0.2) is 0 Å². The number of carbonyl (C=O) groups excluding carboxylic acids is 1. The number of hydrogen-bond donors (Lipinski definition) is 1. The van der Waals surface area contributed by atoms with Gasteiger partial charge in [0.1, 0.15) is 0 Å². The number of rotatable bonds is 3. The summed E-state index contributed by atoms with van der Waals surface area (Å²) in [5.41, 5.74) is 0. The van der Waals surface area contributed by atoms with Gasteiger partial charge in [-0.2, -0.15) is 0 Å². The highest BCUT2D eigenvalue weighted by molar-refractivity contribution is 14.2. The van der Waals surface area contributed by atoms with Gasteiger partial charge in [0.2, 0.25) is 5.91 Å². The lowest BCUT2D eigenvalue weighted by atomic mass is 10.0. The minimum absolute atomic E-state index is 0.180. The van der Waals surface area contributed by atoms with Gasteiger partial charge in [-0.15, -0.1) is 0 Å². The van der Waals surface area contributed by atoms with Crippen LogP contribution in [-0.4, -0.2) is 19.1 Å². The molecule has 0 aromatic rings. The van der Waals surface area contributed by atoms with Crippen LogP contribution in [0.25, 0.3) is 0 Å². The molecule has 3 nitrogen and oxygen atoms in total. The van der Waals surface area contributed by atoms with E-state index in [-0.39, 0.29) is 5.91 Å². The van der Waals surface area contributed by atoms with E-state index in [9.17, 15) is 4.79 Å². The number of carbonyl (C=O) groups is 1. The molecule has 1 heterocycles. The molecule has 1 aliphatic rings. The van der Waals surface area contributed by atoms with Crippen LogP contribution in [0.2, 0.25) is 0 Å². The molecular formula is C7H12INO2S. The summed E-state index contributed by atoms with van der Waals surface area (Å²) in [5.74, 6) is 0.728. The molecule has 1 aliphatic heterocycles. The van der Waals surface area contributed by atoms with Gasteiger partial charge in [0.05, 0.1) is 15.8 Å². The van der Waals surface area contributed by atoms with E-state index in [1.54, 1.807) is 0 Å². The summed E-state index contributed by atoms with van der Waals surface area (Å²) >= 11 is 2.11. The van der Waals surface area contributed by atoms with Crippen LogP contribution in [0.3, 0.4) is 0 Å². The summed E-state index contributed by atoms with van der Waals surface area (Å²) in [6.07, 6.45) is 2.66. The van der Waals surface area contributed by atoms with Crippen molar-refractivity contribution in [2.75, 3.05) is 13.2 Å². The fourth-order valence-corrected chi connectivity index (χ4v) is 1.96. The summed E-state index contributed by atoms with van der Waals surface area (Å²) < 4.78 is 5.23. The quantitative estimate of drug-likeness (QED) is 0.639. The summed E-state index contributed by atoms with van der Waals surface area (Å²) in [6, 6.07) is 0. The van der Waals surface area contributed by atoms with Crippen LogP contribution in [0, 0.1) is 5.92 Å². The largest absolute Gasteiger partial charge is 0.356 e. The van der Waals surface area contributed by atoms with Gasteiger partial charge in [-0.1, -0.05) is 0 Å². The average molecular weight is 301 g/mol. The average Bonchev–Trinajstić information content (AvgIpc) is 2.27. The van der Waals surface area contributed by atoms with Crippen molar-refractivity contribution >= 4 is 36.3 Å². The fraction of sp³-hybridized carbons (Fsp3) is 0.857. The maximum Gasteiger partial charge on any atom is 0.220 e. The lowest BCUT2D eigenvalue weighted by molar-refractivity contribution is -0.120. The summed E-state index contributed by atoms with van der Waals surface area (Å²) in [7, 11) is 1.37. The molecule has 0 aromatic heterocycles. The topological polar surface area (TPSA) is 38.3 Å². The number of hydrogen-bond acceptors (Lipinski definition) is 3. The minimum atomic E-state index is 0.180. The maximum atomic E-state index is 10.9. The second-order valence-electron chi connectivity index (χ2n) is 2.89. The third kappa shape index (κ3) is 3.95. The monoisotopic (exact) mass is 301 g/mol. The lowest BCUT2D eigenvalue weighted by Crippen LogP contribution is -2.21. The van der Waals surface area contributed by atoms with Gasteiger partial charge >= 0.3 is 0 Å². The minimum Gasteiger partial charge on any atom is -0.356 e. The molecule has 0 aromatic carbocycles. The van der Waals surface area contributed by atoms with E-state index in [0.717, 1.165) is 26.0 Å². The van der Waals surface area contributed by atoms with Crippen LogP contribution in [0.15, 0.2) is 0 Å². The molecule has 70 valence electrons. The van der Waals surface area contributed by atoms with E-state index in [4.69, 9.17) is 4.18 Å². The molecule has 0 radical (unpaired) electrons. The van der Waals surface area contributed by atoms with Crippen molar-refractivity contribution in [3.8, 4) is 0 Å². The highest BCUT2D eigenvalue weighted by Gasteiger charge is 2.15. The van der Waals surface area contributed by atoms with Gasteiger partial charge in [-0.05, 0) is 18.8 Å². The zero-order valence-electron chi connectivity index (χ0n) is 6.72. The molecule has 0 spiro atoms. The number of nitrogens with one attached hydrogen (secondary N) is 1. The second kappa shape index (κ2) is 6.04. The van der Waals surface area contributed by atoms with Crippen LogP contribution < -0.4 is 5.32 Å². The first-order valence-corrected chi connectivity index (χ1v) is 7.28. The van der Waals surface area contributed by atoms with E-state index >= 15 is 0 Å². The van der Waals surface area contributed by atoms with Crippen LogP contribution in [0.1, 0.15) is 19.3 Å². The fourth-order valence-electron chi connectivity index (χ4n) is 1.27. The van der Waals surface area contributed by atoms with E-state index in [1.165, 1.54) is 9.21 Å². The molecule has 5 heteroatoms. The van der Waals surface area contributed by atoms with Gasteiger partial charge in [-0.3, -0.25) is 4.79 Å². The molecular weight excluding hydrogens is 289 g/mol. The molecule has 0 bridgehead atoms. The summed E-state index contributed by atoms with van der Waals surface area (Å²) in [4.78, 5) is 10.9. The van der Waals surface area contributed by atoms with Crippen molar-refractivity contribution in [3.63, 3.8) is 0 Å². The first kappa shape index (κ1) is 10.6. The highest BCUT2D eigenvalue weighted by atomic mass is 127. The van der Waals surface area contributed by atoms with Crippen molar-refractivity contribution in [1.29, 1.82) is 0 Å². The predicted octanol–water partition coefficient (Wildman–Crippen LogP) is 1.92. The Kier molecular flexibility index (Phi) is 5.33. The van der Waals surface area contributed by atoms with Gasteiger partial charge in [0.25, 0.3) is 0 Å². The Balaban J connectivity index is 2.21. The molecule has 1 rings (SSSR count). The van der Waals surface area contributed by atoms with E-state index in [0.29, 0.717) is 12.3 Å². The predicted molar refractivity (Wildman–Crippen MR) is 57.9 cm³/mol. The zero-order chi connectivity index (χ0) is 8.81. The highest BCUT2D eigenvalue weighted by Crippen LogP contribution is 2.19. The Morgan fingerprint density at radius 3 is 3.25 bits per heavy atom. The molecule has 1 fully saturated rings. The maximum absolute atomic E-state index is 10.9. The van der Waals surface area contributed by atoms with E-state index in [2.05, 4.69) is 26.5 Å². The smallest absolute Gasteiger partial charge is 0.220 e. The Morgan fingerprint density at radius 1 is 1.67 bits per heavy atom. The number of amides is 1. The molecule has 1 unspecified atom stereocenters. The third-order valence-electron chi connectivity index (χ3n) is 2.00. The van der Waals surface area contributed by atoms with Crippen molar-refractivity contribution in [1.82, 2.24) is 5.32 Å². The summed E-state index contributed by atoms with van der Waals surface area (Å²) in [5, 5.41) is 2.85. The Morgan fingerprint density at radius 2 is 2.50 bits per heavy atom. The third-order valence-corrected chi connectivity index (χ3v) is 2.99. The van der Waals surface area contributed by atoms with Crippen LogP contribution in [0.5, 0.6) is 0 Å². The van der Waals surface area contributed by atoms with Crippen LogP contribution in [-0.2, 0) is 8.98 Å². The van der Waals surface area contributed by atoms with Gasteiger partial charge in [-0.25, -0.2) is 0 Å². The van der Waals surface area contributed by atoms with Crippen molar-refractivity contribution in [3.05, 3.63) is 0 Å². The lowest BCUT2D eigenvalue weighted by Gasteiger charge is -2.10. The second-order valence-corrected chi connectivity index (χ2v) is 4.33. The normalized spacial score (nSPS) is 24.8. The Hall–Kier alpha value is 0.510. The van der Waals surface area contributed by atoms with Crippen LogP contribution in [0.4, 0.5) is 0 Å². The molecule has 1 N–H and O–H groups in total. The molecule has 12 heavy (non-hydrogen) atoms. The molecule has 0 saturated carbocycles. The Bertz CT molecular complexity index is 156. The van der Waals surface area contributed by atoms with Crippen molar-refractivity contribution < 1.29 is 8.98 Å². The standard InChI is InChI=1S/C7H12INO2S/c8-12-11-5-6-1-2-7(10)9-4-3-6/h6H,1-5H2,(H,9,10).